The van der Waals surface area contributed by atoms with Crippen LogP contribution in [0, 0.1) is 11.8 Å². The van der Waals surface area contributed by atoms with Crippen molar-refractivity contribution in [2.75, 3.05) is 33.2 Å². The molecular formula is C13H18N4O2. The molecule has 1 amide bonds. The summed E-state index contributed by atoms with van der Waals surface area (Å²) < 4.78 is 1.21. The summed E-state index contributed by atoms with van der Waals surface area (Å²) in [5.74, 6) is 1.11. The van der Waals surface area contributed by atoms with Gasteiger partial charge in [0.15, 0.2) is 0 Å². The van der Waals surface area contributed by atoms with Crippen molar-refractivity contribution in [3.8, 4) is 0 Å². The lowest BCUT2D eigenvalue weighted by Crippen LogP contribution is -2.34. The van der Waals surface area contributed by atoms with Crippen molar-refractivity contribution in [3.05, 3.63) is 28.2 Å². The number of fused-ring (bicyclic) bond motifs is 1. The van der Waals surface area contributed by atoms with Crippen LogP contribution in [0.1, 0.15) is 10.5 Å². The van der Waals surface area contributed by atoms with Gasteiger partial charge in [-0.15, -0.1) is 0 Å². The summed E-state index contributed by atoms with van der Waals surface area (Å²) in [6.45, 7) is 3.74. The summed E-state index contributed by atoms with van der Waals surface area (Å²) >= 11 is 0. The molecule has 2 unspecified atom stereocenters. The van der Waals surface area contributed by atoms with E-state index in [1.54, 1.807) is 7.05 Å². The molecule has 2 fully saturated rings. The van der Waals surface area contributed by atoms with Gasteiger partial charge in [0.1, 0.15) is 5.69 Å². The molecule has 2 saturated heterocycles. The SMILES string of the molecule is CN1CC2CN(C(=O)c3ccc(=O)n(C)n3)CC2C1. The van der Waals surface area contributed by atoms with Gasteiger partial charge in [0.25, 0.3) is 11.5 Å². The Hall–Kier alpha value is -1.69. The first kappa shape index (κ1) is 12.3. The van der Waals surface area contributed by atoms with Crippen LogP contribution in [0.2, 0.25) is 0 Å². The maximum atomic E-state index is 12.4. The third-order valence-corrected chi connectivity index (χ3v) is 4.14. The standard InChI is InChI=1S/C13H18N4O2/c1-15-5-9-7-17(8-10(9)6-15)13(19)11-3-4-12(18)16(2)14-11/h3-4,9-10H,5-8H2,1-2H3. The van der Waals surface area contributed by atoms with E-state index >= 15 is 0 Å². The smallest absolute Gasteiger partial charge is 0.274 e. The Bertz CT molecular complexity index is 554. The molecular weight excluding hydrogens is 244 g/mol. The van der Waals surface area contributed by atoms with Crippen LogP contribution in [0.3, 0.4) is 0 Å². The Balaban J connectivity index is 1.75. The van der Waals surface area contributed by atoms with E-state index in [2.05, 4.69) is 17.0 Å². The maximum Gasteiger partial charge on any atom is 0.274 e. The van der Waals surface area contributed by atoms with E-state index in [0.29, 0.717) is 17.5 Å². The molecule has 0 saturated carbocycles. The monoisotopic (exact) mass is 262 g/mol. The summed E-state index contributed by atoms with van der Waals surface area (Å²) in [6, 6.07) is 2.91. The van der Waals surface area contributed by atoms with Crippen LogP contribution in [-0.4, -0.2) is 58.7 Å². The second-order valence-corrected chi connectivity index (χ2v) is 5.63. The summed E-state index contributed by atoms with van der Waals surface area (Å²) in [4.78, 5) is 27.8. The van der Waals surface area contributed by atoms with Crippen LogP contribution in [0.25, 0.3) is 0 Å². The first-order valence-electron chi connectivity index (χ1n) is 6.57. The Kier molecular flexibility index (Phi) is 2.89. The van der Waals surface area contributed by atoms with Crippen molar-refractivity contribution in [2.45, 2.75) is 0 Å². The minimum Gasteiger partial charge on any atom is -0.337 e. The van der Waals surface area contributed by atoms with E-state index in [-0.39, 0.29) is 11.5 Å². The number of hydrogen-bond donors (Lipinski definition) is 0. The van der Waals surface area contributed by atoms with E-state index in [1.807, 2.05) is 4.90 Å². The highest BCUT2D eigenvalue weighted by Crippen LogP contribution is 2.30. The van der Waals surface area contributed by atoms with Gasteiger partial charge in [0, 0.05) is 39.3 Å². The lowest BCUT2D eigenvalue weighted by atomic mass is 10.0. The number of aryl methyl sites for hydroxylation is 1. The van der Waals surface area contributed by atoms with Crippen LogP contribution in [0.15, 0.2) is 16.9 Å². The number of rotatable bonds is 1. The molecule has 0 aromatic carbocycles. The zero-order valence-electron chi connectivity index (χ0n) is 11.2. The van der Waals surface area contributed by atoms with Gasteiger partial charge in [0.05, 0.1) is 0 Å². The zero-order valence-corrected chi connectivity index (χ0v) is 11.2. The number of carbonyl (C=O) groups is 1. The van der Waals surface area contributed by atoms with E-state index in [4.69, 9.17) is 0 Å². The van der Waals surface area contributed by atoms with E-state index in [9.17, 15) is 9.59 Å². The summed E-state index contributed by atoms with van der Waals surface area (Å²) in [5, 5.41) is 4.03. The van der Waals surface area contributed by atoms with Crippen molar-refractivity contribution in [2.24, 2.45) is 18.9 Å². The molecule has 3 rings (SSSR count). The van der Waals surface area contributed by atoms with Gasteiger partial charge < -0.3 is 9.80 Å². The van der Waals surface area contributed by atoms with Gasteiger partial charge in [-0.05, 0) is 24.9 Å². The van der Waals surface area contributed by atoms with Crippen LogP contribution < -0.4 is 5.56 Å². The number of carbonyl (C=O) groups excluding carboxylic acids is 1. The number of amides is 1. The van der Waals surface area contributed by atoms with Crippen molar-refractivity contribution in [1.29, 1.82) is 0 Å². The number of nitrogens with zero attached hydrogens (tertiary/aromatic N) is 4. The lowest BCUT2D eigenvalue weighted by molar-refractivity contribution is 0.0767. The van der Waals surface area contributed by atoms with Crippen LogP contribution in [-0.2, 0) is 7.05 Å². The molecule has 3 heterocycles. The fourth-order valence-corrected chi connectivity index (χ4v) is 3.17. The molecule has 6 heteroatoms. The molecule has 1 aromatic heterocycles. The molecule has 6 nitrogen and oxygen atoms in total. The average Bonchev–Trinajstić information content (AvgIpc) is 2.88. The Labute approximate surface area is 111 Å². The highest BCUT2D eigenvalue weighted by Gasteiger charge is 2.40. The first-order valence-corrected chi connectivity index (χ1v) is 6.57. The molecule has 2 aliphatic heterocycles. The maximum absolute atomic E-state index is 12.4. The molecule has 2 aliphatic rings. The molecule has 19 heavy (non-hydrogen) atoms. The Morgan fingerprint density at radius 2 is 1.79 bits per heavy atom. The third-order valence-electron chi connectivity index (χ3n) is 4.14. The van der Waals surface area contributed by atoms with Gasteiger partial charge in [-0.3, -0.25) is 9.59 Å². The lowest BCUT2D eigenvalue weighted by Gasteiger charge is -2.18. The predicted molar refractivity (Wildman–Crippen MR) is 69.9 cm³/mol. The third kappa shape index (κ3) is 2.16. The molecule has 0 spiro atoms. The first-order chi connectivity index (χ1) is 9.04. The number of likely N-dealkylation sites (tertiary alicyclic amines) is 2. The molecule has 0 N–H and O–H groups in total. The van der Waals surface area contributed by atoms with Crippen LogP contribution >= 0.6 is 0 Å². The predicted octanol–water partition coefficient (Wildman–Crippen LogP) is -0.586. The quantitative estimate of drug-likeness (QED) is 0.679. The van der Waals surface area contributed by atoms with Gasteiger partial charge in [-0.25, -0.2) is 4.68 Å². The second-order valence-electron chi connectivity index (χ2n) is 5.63. The highest BCUT2D eigenvalue weighted by molar-refractivity contribution is 5.92. The molecule has 1 aromatic rings. The minimum atomic E-state index is -0.198. The molecule has 0 radical (unpaired) electrons. The van der Waals surface area contributed by atoms with Crippen LogP contribution in [0.5, 0.6) is 0 Å². The van der Waals surface area contributed by atoms with Gasteiger partial charge in [0.2, 0.25) is 0 Å². The highest BCUT2D eigenvalue weighted by atomic mass is 16.2. The normalized spacial score (nSPS) is 26.7. The average molecular weight is 262 g/mol. The van der Waals surface area contributed by atoms with Gasteiger partial charge in [-0.2, -0.15) is 5.10 Å². The van der Waals surface area contributed by atoms with Gasteiger partial charge in [-0.1, -0.05) is 0 Å². The number of hydrogen-bond acceptors (Lipinski definition) is 4. The minimum absolute atomic E-state index is 0.0624. The van der Waals surface area contributed by atoms with Crippen molar-refractivity contribution in [1.82, 2.24) is 19.6 Å². The second kappa shape index (κ2) is 4.45. The largest absolute Gasteiger partial charge is 0.337 e. The molecule has 2 atom stereocenters. The van der Waals surface area contributed by atoms with E-state index < -0.39 is 0 Å². The zero-order chi connectivity index (χ0) is 13.6. The van der Waals surface area contributed by atoms with Crippen molar-refractivity contribution < 1.29 is 4.79 Å². The summed E-state index contributed by atoms with van der Waals surface area (Å²) in [6.07, 6.45) is 0. The van der Waals surface area contributed by atoms with E-state index in [0.717, 1.165) is 26.2 Å². The molecule has 0 bridgehead atoms. The fraction of sp³-hybridized carbons (Fsp3) is 0.615. The fourth-order valence-electron chi connectivity index (χ4n) is 3.17. The van der Waals surface area contributed by atoms with Crippen molar-refractivity contribution >= 4 is 5.91 Å². The number of aromatic nitrogens is 2. The topological polar surface area (TPSA) is 58.4 Å². The summed E-state index contributed by atoms with van der Waals surface area (Å²) in [7, 11) is 3.69. The Morgan fingerprint density at radius 3 is 2.37 bits per heavy atom. The summed E-state index contributed by atoms with van der Waals surface area (Å²) in [5.41, 5.74) is 0.159. The van der Waals surface area contributed by atoms with Crippen molar-refractivity contribution in [3.63, 3.8) is 0 Å². The van der Waals surface area contributed by atoms with Crippen LogP contribution in [0.4, 0.5) is 0 Å². The molecule has 102 valence electrons. The van der Waals surface area contributed by atoms with E-state index in [1.165, 1.54) is 16.8 Å². The molecule has 0 aliphatic carbocycles. The Morgan fingerprint density at radius 1 is 1.16 bits per heavy atom. The van der Waals surface area contributed by atoms with Gasteiger partial charge >= 0.3 is 0 Å².